The Labute approximate surface area is 54.0 Å². The van der Waals surface area contributed by atoms with E-state index in [1.54, 1.807) is 13.0 Å². The number of isocyanates is 1. The lowest BCUT2D eigenvalue weighted by Crippen LogP contribution is -2.17. The molecule has 0 heterocycles. The van der Waals surface area contributed by atoms with Gasteiger partial charge >= 0.3 is 6.08 Å². The number of Topliss-reactive ketones (excluding diaryl/α,β-unsaturated/α-hetero) is 1. The van der Waals surface area contributed by atoms with Gasteiger partial charge in [-0.25, -0.2) is 0 Å². The number of hydrogen-bond acceptors (Lipinski definition) is 2. The van der Waals surface area contributed by atoms with Gasteiger partial charge in [0.15, 0.2) is 12.3 Å². The maximum Gasteiger partial charge on any atom is 0.424 e. The van der Waals surface area contributed by atoms with Crippen molar-refractivity contribution in [3.8, 4) is 0 Å². The van der Waals surface area contributed by atoms with Gasteiger partial charge in [-0.05, 0) is 6.92 Å². The molecule has 0 aromatic carbocycles. The van der Waals surface area contributed by atoms with Gasteiger partial charge in [0.25, 0.3) is 0 Å². The average molecular weight is 128 g/mol. The molecule has 0 radical (unpaired) electrons. The van der Waals surface area contributed by atoms with Crippen LogP contribution in [0, 0.1) is 0 Å². The highest BCUT2D eigenvalue weighted by molar-refractivity contribution is 5.76. The molecule has 0 unspecified atom stereocenters. The minimum Gasteiger partial charge on any atom is -0.293 e. The smallest absolute Gasteiger partial charge is 0.293 e. The molecule has 0 aliphatic heterocycles. The van der Waals surface area contributed by atoms with Crippen LogP contribution in [0.2, 0.25) is 0 Å². The van der Waals surface area contributed by atoms with E-state index in [1.165, 1.54) is 11.5 Å². The summed E-state index contributed by atoms with van der Waals surface area (Å²) in [6, 6.07) is 0. The van der Waals surface area contributed by atoms with Gasteiger partial charge in [0, 0.05) is 6.92 Å². The Kier molecular flexibility index (Phi) is 3.56. The van der Waals surface area contributed by atoms with E-state index in [-0.39, 0.29) is 12.3 Å². The Morgan fingerprint density at radius 3 is 2.33 bits per heavy atom. The second kappa shape index (κ2) is 3.98. The van der Waals surface area contributed by atoms with Crippen LogP contribution in [0.25, 0.3) is 0 Å². The highest BCUT2D eigenvalue weighted by Crippen LogP contribution is 1.72. The lowest BCUT2D eigenvalue weighted by Gasteiger charge is -1.87. The van der Waals surface area contributed by atoms with Crippen molar-refractivity contribution < 1.29 is 14.2 Å². The molecule has 0 aromatic rings. The highest BCUT2D eigenvalue weighted by atomic mass is 16.1. The van der Waals surface area contributed by atoms with Crippen LogP contribution in [0.15, 0.2) is 0 Å². The number of rotatable bonds is 3. The van der Waals surface area contributed by atoms with Gasteiger partial charge in [-0.3, -0.25) is 4.79 Å². The van der Waals surface area contributed by atoms with Crippen LogP contribution < -0.4 is 0 Å². The molecule has 0 rings (SSSR count). The van der Waals surface area contributed by atoms with Crippen molar-refractivity contribution in [2.75, 3.05) is 13.1 Å². The van der Waals surface area contributed by atoms with Crippen molar-refractivity contribution in [2.24, 2.45) is 0 Å². The number of nitrogens with zero attached hydrogens (tertiary/aromatic N) is 1. The van der Waals surface area contributed by atoms with Gasteiger partial charge in [0.2, 0.25) is 6.54 Å². The summed E-state index contributed by atoms with van der Waals surface area (Å²) in [5.74, 6) is -0.0137. The fraction of sp³-hybridized carbons (Fsp3) is 0.667. The minimum absolute atomic E-state index is 0.0137. The zero-order valence-corrected chi connectivity index (χ0v) is 5.68. The molecular formula is C6H10NO2+. The molecule has 0 aliphatic rings. The Bertz CT molecular complexity index is 156. The van der Waals surface area contributed by atoms with Crippen LogP contribution in [0.5, 0.6) is 0 Å². The molecule has 0 saturated heterocycles. The van der Waals surface area contributed by atoms with Gasteiger partial charge in [-0.1, -0.05) is 0 Å². The maximum absolute atomic E-state index is 10.4. The minimum atomic E-state index is -0.0137. The third-order valence-electron chi connectivity index (χ3n) is 0.924. The predicted octanol–water partition coefficient (Wildman–Crippen LogP) is -0.0564. The van der Waals surface area contributed by atoms with E-state index in [0.29, 0.717) is 6.54 Å². The normalized spacial score (nSPS) is 8.22. The second-order valence-electron chi connectivity index (χ2n) is 1.81. The molecule has 3 heteroatoms. The van der Waals surface area contributed by atoms with E-state index in [2.05, 4.69) is 0 Å². The molecule has 0 aliphatic carbocycles. The molecule has 0 fully saturated rings. The molecule has 0 aromatic heterocycles. The summed E-state index contributed by atoms with van der Waals surface area (Å²) >= 11 is 0. The first-order valence-corrected chi connectivity index (χ1v) is 2.82. The van der Waals surface area contributed by atoms with Gasteiger partial charge in [0.1, 0.15) is 0 Å². The van der Waals surface area contributed by atoms with Crippen LogP contribution in [-0.2, 0) is 9.59 Å². The molecule has 3 nitrogen and oxygen atoms in total. The first kappa shape index (κ1) is 8.05. The summed E-state index contributed by atoms with van der Waals surface area (Å²) in [6.45, 7) is 3.97. The van der Waals surface area contributed by atoms with E-state index >= 15 is 0 Å². The molecule has 0 N–H and O–H groups in total. The largest absolute Gasteiger partial charge is 0.424 e. The summed E-state index contributed by atoms with van der Waals surface area (Å²) in [7, 11) is 0. The van der Waals surface area contributed by atoms with Crippen molar-refractivity contribution in [1.29, 1.82) is 0 Å². The van der Waals surface area contributed by atoms with Gasteiger partial charge in [-0.15, -0.1) is 4.58 Å². The van der Waals surface area contributed by atoms with Crippen molar-refractivity contribution in [3.63, 3.8) is 0 Å². The van der Waals surface area contributed by atoms with Crippen LogP contribution in [0.4, 0.5) is 0 Å². The molecule has 0 bridgehead atoms. The highest BCUT2D eigenvalue weighted by Gasteiger charge is 2.03. The summed E-state index contributed by atoms with van der Waals surface area (Å²) in [5, 5.41) is 0. The molecular weight excluding hydrogens is 118 g/mol. The van der Waals surface area contributed by atoms with Crippen molar-refractivity contribution >= 4 is 11.9 Å². The predicted molar refractivity (Wildman–Crippen MR) is 32.0 cm³/mol. The summed E-state index contributed by atoms with van der Waals surface area (Å²) in [4.78, 5) is 20.3. The van der Waals surface area contributed by atoms with E-state index in [1.807, 2.05) is 0 Å². The SMILES string of the molecule is CC[N+](=C=O)CC(C)=O. The van der Waals surface area contributed by atoms with Crippen LogP contribution in [0.3, 0.4) is 0 Å². The summed E-state index contributed by atoms with van der Waals surface area (Å²) in [6.07, 6.45) is 1.65. The van der Waals surface area contributed by atoms with Crippen LogP contribution in [-0.4, -0.2) is 29.5 Å². The van der Waals surface area contributed by atoms with Gasteiger partial charge in [0.05, 0.1) is 0 Å². The molecule has 0 amide bonds. The zero-order chi connectivity index (χ0) is 7.28. The maximum atomic E-state index is 10.4. The number of hydrogen-bond donors (Lipinski definition) is 0. The third kappa shape index (κ3) is 3.62. The average Bonchev–Trinajstić information content (AvgIpc) is 1.82. The second-order valence-corrected chi connectivity index (χ2v) is 1.81. The zero-order valence-electron chi connectivity index (χ0n) is 5.68. The van der Waals surface area contributed by atoms with E-state index in [4.69, 9.17) is 0 Å². The topological polar surface area (TPSA) is 37.1 Å². The monoisotopic (exact) mass is 128 g/mol. The standard InChI is InChI=1S/C6H10NO2/c1-3-7(5-8)4-6(2)9/h3-4H2,1-2H3/q+1. The Balaban J connectivity index is 3.87. The number of likely N-dealkylation sites (N-methyl/N-ethyl adjacent to an activating group) is 1. The lowest BCUT2D eigenvalue weighted by atomic mass is 10.4. The van der Waals surface area contributed by atoms with Crippen LogP contribution in [0.1, 0.15) is 13.8 Å². The summed E-state index contributed by atoms with van der Waals surface area (Å²) in [5.41, 5.74) is 0. The quantitative estimate of drug-likeness (QED) is 0.303. The Hall–Kier alpha value is -0.950. The first-order chi connectivity index (χ1) is 4.20. The van der Waals surface area contributed by atoms with Crippen molar-refractivity contribution in [3.05, 3.63) is 0 Å². The van der Waals surface area contributed by atoms with Gasteiger partial charge < -0.3 is 0 Å². The van der Waals surface area contributed by atoms with Crippen molar-refractivity contribution in [1.82, 2.24) is 0 Å². The van der Waals surface area contributed by atoms with Gasteiger partial charge in [-0.2, -0.15) is 4.79 Å². The Morgan fingerprint density at radius 2 is 2.22 bits per heavy atom. The van der Waals surface area contributed by atoms with E-state index in [9.17, 15) is 9.59 Å². The number of carbonyl (C=O) groups is 1. The fourth-order valence-corrected chi connectivity index (χ4v) is 0.477. The van der Waals surface area contributed by atoms with E-state index < -0.39 is 0 Å². The van der Waals surface area contributed by atoms with Crippen molar-refractivity contribution in [2.45, 2.75) is 13.8 Å². The summed E-state index contributed by atoms with van der Waals surface area (Å²) < 4.78 is 1.29. The van der Waals surface area contributed by atoms with E-state index in [0.717, 1.165) is 0 Å². The number of carbonyl (C=O) groups excluding carboxylic acids is 2. The lowest BCUT2D eigenvalue weighted by molar-refractivity contribution is -0.509. The molecule has 50 valence electrons. The van der Waals surface area contributed by atoms with Crippen LogP contribution >= 0.6 is 0 Å². The molecule has 0 saturated carbocycles. The number of ketones is 1. The third-order valence-corrected chi connectivity index (χ3v) is 0.924. The fourth-order valence-electron chi connectivity index (χ4n) is 0.477. The first-order valence-electron chi connectivity index (χ1n) is 2.82. The molecule has 9 heavy (non-hydrogen) atoms. The molecule has 0 spiro atoms. The Morgan fingerprint density at radius 1 is 1.67 bits per heavy atom. The molecule has 0 atom stereocenters.